The minimum absolute atomic E-state index is 0.110. The number of pyridine rings is 1. The van der Waals surface area contributed by atoms with Crippen LogP contribution < -0.4 is 5.32 Å². The topological polar surface area (TPSA) is 93.2 Å². The van der Waals surface area contributed by atoms with Crippen LogP contribution in [0.15, 0.2) is 24.5 Å². The van der Waals surface area contributed by atoms with E-state index in [1.807, 2.05) is 35.9 Å². The minimum atomic E-state index is -0.131. The Morgan fingerprint density at radius 1 is 1.25 bits per heavy atom. The normalized spacial score (nSPS) is 15.9. The molecule has 1 aliphatic heterocycles. The molecule has 1 fully saturated rings. The van der Waals surface area contributed by atoms with Crippen LogP contribution in [0.2, 0.25) is 0 Å². The van der Waals surface area contributed by atoms with Crippen molar-refractivity contribution >= 4 is 11.6 Å². The molecular formula is C19H26N8O. The van der Waals surface area contributed by atoms with Crippen LogP contribution in [0.4, 0.5) is 0 Å². The Morgan fingerprint density at radius 3 is 2.89 bits per heavy atom. The number of hydrogen-bond acceptors (Lipinski definition) is 6. The lowest BCUT2D eigenvalue weighted by Crippen LogP contribution is -2.34. The van der Waals surface area contributed by atoms with Crippen LogP contribution in [0.5, 0.6) is 0 Å². The second-order valence-corrected chi connectivity index (χ2v) is 7.69. The fourth-order valence-corrected chi connectivity index (χ4v) is 3.50. The number of nitrogens with zero attached hydrogens (tertiary/aromatic N) is 7. The highest BCUT2D eigenvalue weighted by molar-refractivity contribution is 5.75. The van der Waals surface area contributed by atoms with Gasteiger partial charge in [0.1, 0.15) is 12.2 Å². The van der Waals surface area contributed by atoms with Crippen molar-refractivity contribution in [2.24, 2.45) is 5.92 Å². The van der Waals surface area contributed by atoms with E-state index in [4.69, 9.17) is 0 Å². The fraction of sp³-hybridized carbons (Fsp3) is 0.526. The summed E-state index contributed by atoms with van der Waals surface area (Å²) in [5.74, 6) is 1.38. The van der Waals surface area contributed by atoms with Crippen molar-refractivity contribution in [1.29, 1.82) is 0 Å². The summed E-state index contributed by atoms with van der Waals surface area (Å²) >= 11 is 0. The summed E-state index contributed by atoms with van der Waals surface area (Å²) in [5.41, 5.74) is 2.85. The second kappa shape index (κ2) is 8.05. The van der Waals surface area contributed by atoms with E-state index in [0.29, 0.717) is 13.1 Å². The van der Waals surface area contributed by atoms with Crippen LogP contribution in [0.1, 0.15) is 36.8 Å². The van der Waals surface area contributed by atoms with Crippen molar-refractivity contribution in [2.45, 2.75) is 46.3 Å². The largest absolute Gasteiger partial charge is 0.349 e. The average molecular weight is 382 g/mol. The number of aromatic nitrogens is 6. The van der Waals surface area contributed by atoms with Crippen molar-refractivity contribution in [3.05, 3.63) is 41.6 Å². The summed E-state index contributed by atoms with van der Waals surface area (Å²) in [7, 11) is 0. The SMILES string of the molecule is Cc1ccc2nc(CNC(=O)Cn3nnnc3CN3CCC(C)CC3)cn2c1. The number of nitrogens with one attached hydrogen (secondary N) is 1. The van der Waals surface area contributed by atoms with Crippen LogP contribution >= 0.6 is 0 Å². The lowest BCUT2D eigenvalue weighted by molar-refractivity contribution is -0.122. The maximum Gasteiger partial charge on any atom is 0.242 e. The molecule has 4 rings (SSSR count). The maximum absolute atomic E-state index is 12.4. The van der Waals surface area contributed by atoms with Crippen LogP contribution in [-0.2, 0) is 24.4 Å². The van der Waals surface area contributed by atoms with Gasteiger partial charge in [-0.1, -0.05) is 13.0 Å². The zero-order valence-electron chi connectivity index (χ0n) is 16.4. The van der Waals surface area contributed by atoms with Crippen molar-refractivity contribution < 1.29 is 4.79 Å². The zero-order chi connectivity index (χ0) is 19.5. The number of carbonyl (C=O) groups excluding carboxylic acids is 1. The van der Waals surface area contributed by atoms with Gasteiger partial charge in [0.25, 0.3) is 0 Å². The third-order valence-electron chi connectivity index (χ3n) is 5.26. The van der Waals surface area contributed by atoms with Crippen molar-refractivity contribution in [1.82, 2.24) is 39.8 Å². The number of piperidine rings is 1. The number of likely N-dealkylation sites (tertiary alicyclic amines) is 1. The van der Waals surface area contributed by atoms with Crippen LogP contribution in [0.25, 0.3) is 5.65 Å². The monoisotopic (exact) mass is 382 g/mol. The molecule has 0 radical (unpaired) electrons. The summed E-state index contributed by atoms with van der Waals surface area (Å²) in [6.07, 6.45) is 6.34. The third-order valence-corrected chi connectivity index (χ3v) is 5.26. The van der Waals surface area contributed by atoms with Gasteiger partial charge in [-0.3, -0.25) is 9.69 Å². The molecule has 0 atom stereocenters. The van der Waals surface area contributed by atoms with Crippen molar-refractivity contribution in [3.63, 3.8) is 0 Å². The Bertz CT molecular complexity index is 954. The molecule has 0 bridgehead atoms. The second-order valence-electron chi connectivity index (χ2n) is 7.69. The quantitative estimate of drug-likeness (QED) is 0.688. The van der Waals surface area contributed by atoms with Gasteiger partial charge >= 0.3 is 0 Å². The van der Waals surface area contributed by atoms with E-state index in [0.717, 1.165) is 41.7 Å². The van der Waals surface area contributed by atoms with E-state index in [1.165, 1.54) is 12.8 Å². The van der Waals surface area contributed by atoms with Gasteiger partial charge in [0.2, 0.25) is 5.91 Å². The van der Waals surface area contributed by atoms with E-state index in [2.05, 4.69) is 37.6 Å². The first kappa shape index (κ1) is 18.5. The summed E-state index contributed by atoms with van der Waals surface area (Å²) in [4.78, 5) is 19.2. The summed E-state index contributed by atoms with van der Waals surface area (Å²) in [6.45, 7) is 7.59. The number of tetrazole rings is 1. The lowest BCUT2D eigenvalue weighted by Gasteiger charge is -2.29. The number of carbonyl (C=O) groups is 1. The molecular weight excluding hydrogens is 356 g/mol. The van der Waals surface area contributed by atoms with Gasteiger partial charge in [-0.25, -0.2) is 9.67 Å². The number of imidazole rings is 1. The highest BCUT2D eigenvalue weighted by Crippen LogP contribution is 2.17. The molecule has 4 heterocycles. The van der Waals surface area contributed by atoms with Crippen LogP contribution in [0.3, 0.4) is 0 Å². The number of fused-ring (bicyclic) bond motifs is 1. The fourth-order valence-electron chi connectivity index (χ4n) is 3.50. The first-order valence-electron chi connectivity index (χ1n) is 9.75. The molecule has 1 aliphatic rings. The van der Waals surface area contributed by atoms with Gasteiger partial charge in [-0.05, 0) is 60.8 Å². The van der Waals surface area contributed by atoms with Crippen molar-refractivity contribution in [3.8, 4) is 0 Å². The molecule has 0 saturated carbocycles. The minimum Gasteiger partial charge on any atom is -0.349 e. The molecule has 1 N–H and O–H groups in total. The number of aryl methyl sites for hydroxylation is 1. The molecule has 0 aliphatic carbocycles. The maximum atomic E-state index is 12.4. The standard InChI is InChI=1S/C19H26N8O/c1-14-5-7-25(8-6-14)12-18-22-23-24-27(18)13-19(28)20-9-16-11-26-10-15(2)3-4-17(26)21-16/h3-4,10-11,14H,5-9,12-13H2,1-2H3,(H,20,28). The molecule has 0 aromatic carbocycles. The Balaban J connectivity index is 1.32. The molecule has 28 heavy (non-hydrogen) atoms. The molecule has 3 aromatic rings. The molecule has 3 aromatic heterocycles. The Morgan fingerprint density at radius 2 is 2.07 bits per heavy atom. The molecule has 1 amide bonds. The van der Waals surface area contributed by atoms with Crippen LogP contribution in [0, 0.1) is 12.8 Å². The van der Waals surface area contributed by atoms with Gasteiger partial charge in [0, 0.05) is 12.4 Å². The summed E-state index contributed by atoms with van der Waals surface area (Å²) < 4.78 is 3.55. The molecule has 9 nitrogen and oxygen atoms in total. The van der Waals surface area contributed by atoms with E-state index in [9.17, 15) is 4.79 Å². The predicted molar refractivity (Wildman–Crippen MR) is 103 cm³/mol. The highest BCUT2D eigenvalue weighted by atomic mass is 16.2. The molecule has 9 heteroatoms. The lowest BCUT2D eigenvalue weighted by atomic mass is 9.99. The smallest absolute Gasteiger partial charge is 0.242 e. The Kier molecular flexibility index (Phi) is 5.34. The van der Waals surface area contributed by atoms with E-state index in [1.54, 1.807) is 4.68 Å². The van der Waals surface area contributed by atoms with E-state index in [-0.39, 0.29) is 12.5 Å². The van der Waals surface area contributed by atoms with Gasteiger partial charge in [0.15, 0.2) is 5.82 Å². The zero-order valence-corrected chi connectivity index (χ0v) is 16.4. The number of hydrogen-bond donors (Lipinski definition) is 1. The van der Waals surface area contributed by atoms with E-state index < -0.39 is 0 Å². The van der Waals surface area contributed by atoms with Crippen molar-refractivity contribution in [2.75, 3.05) is 13.1 Å². The Labute approximate surface area is 163 Å². The van der Waals surface area contributed by atoms with Gasteiger partial charge in [0.05, 0.1) is 18.8 Å². The average Bonchev–Trinajstić information content (AvgIpc) is 3.28. The van der Waals surface area contributed by atoms with Gasteiger partial charge in [-0.15, -0.1) is 5.10 Å². The van der Waals surface area contributed by atoms with E-state index >= 15 is 0 Å². The highest BCUT2D eigenvalue weighted by Gasteiger charge is 2.19. The first-order chi connectivity index (χ1) is 13.6. The number of rotatable bonds is 6. The summed E-state index contributed by atoms with van der Waals surface area (Å²) in [5, 5.41) is 14.7. The molecule has 148 valence electrons. The number of amides is 1. The summed E-state index contributed by atoms with van der Waals surface area (Å²) in [6, 6.07) is 3.99. The van der Waals surface area contributed by atoms with Gasteiger partial charge in [-0.2, -0.15) is 0 Å². The van der Waals surface area contributed by atoms with Crippen LogP contribution in [-0.4, -0.2) is 53.5 Å². The van der Waals surface area contributed by atoms with Gasteiger partial charge < -0.3 is 9.72 Å². The molecule has 1 saturated heterocycles. The Hall–Kier alpha value is -2.81. The first-order valence-corrected chi connectivity index (χ1v) is 9.75. The molecule has 0 unspecified atom stereocenters. The third kappa shape index (κ3) is 4.36. The predicted octanol–water partition coefficient (Wildman–Crippen LogP) is 1.18. The molecule has 0 spiro atoms.